The molecule has 3 aliphatic rings. The van der Waals surface area contributed by atoms with E-state index in [1.807, 2.05) is 72.8 Å². The average molecular weight is 641 g/mol. The Bertz CT molecular complexity index is 1690. The van der Waals surface area contributed by atoms with Crippen molar-refractivity contribution in [3.8, 4) is 0 Å². The minimum atomic E-state index is -0.437. The van der Waals surface area contributed by atoms with Crippen molar-refractivity contribution >= 4 is 39.5 Å². The van der Waals surface area contributed by atoms with Gasteiger partial charge in [0.25, 0.3) is 0 Å². The molecule has 0 bridgehead atoms. The minimum Gasteiger partial charge on any atom is -0.310 e. The number of guanidine groups is 2. The molecule has 4 aromatic carbocycles. The van der Waals surface area contributed by atoms with E-state index in [2.05, 4.69) is 92.1 Å². The normalized spacial score (nSPS) is 19.6. The molecule has 0 saturated heterocycles. The van der Waals surface area contributed by atoms with Gasteiger partial charge in [0.05, 0.1) is 0 Å². The monoisotopic (exact) mass is 639 g/mol. The Morgan fingerprint density at radius 1 is 0.523 bits per heavy atom. The smallest absolute Gasteiger partial charge is 0.213 e. The molecule has 8 heteroatoms. The highest BCUT2D eigenvalue weighted by Gasteiger charge is 2.32. The van der Waals surface area contributed by atoms with Gasteiger partial charge >= 0.3 is 0 Å². The van der Waals surface area contributed by atoms with Crippen LogP contribution < -0.4 is 10.6 Å². The van der Waals surface area contributed by atoms with Crippen LogP contribution in [0.5, 0.6) is 0 Å². The van der Waals surface area contributed by atoms with Crippen LogP contribution in [0.15, 0.2) is 164 Å². The first-order valence-electron chi connectivity index (χ1n) is 14.6. The molecule has 0 aromatic heterocycles. The first kappa shape index (κ1) is 27.7. The van der Waals surface area contributed by atoms with Crippen LogP contribution in [0.25, 0.3) is 0 Å². The van der Waals surface area contributed by atoms with Crippen LogP contribution in [0, 0.1) is 0 Å². The lowest BCUT2D eigenvalue weighted by Gasteiger charge is -2.35. The predicted molar refractivity (Wildman–Crippen MR) is 182 cm³/mol. The van der Waals surface area contributed by atoms with Gasteiger partial charge in [-0.1, -0.05) is 143 Å². The van der Waals surface area contributed by atoms with E-state index in [0.29, 0.717) is 11.9 Å². The molecular weight excluding hydrogens is 610 g/mol. The molecule has 0 radical (unpaired) electrons. The molecule has 4 aromatic rings. The second-order valence-electron chi connectivity index (χ2n) is 10.5. The van der Waals surface area contributed by atoms with Crippen molar-refractivity contribution < 1.29 is 0 Å². The summed E-state index contributed by atoms with van der Waals surface area (Å²) in [5, 5.41) is 7.15. The molecular formula is C36H30BrN7. The van der Waals surface area contributed by atoms with E-state index in [9.17, 15) is 0 Å². The van der Waals surface area contributed by atoms with Gasteiger partial charge in [-0.2, -0.15) is 0 Å². The number of allylic oxidation sites excluding steroid dienone is 4. The third kappa shape index (κ3) is 6.02. The Balaban J connectivity index is 1.37. The Morgan fingerprint density at radius 3 is 1.36 bits per heavy atom. The van der Waals surface area contributed by atoms with Crippen molar-refractivity contribution in [3.63, 3.8) is 0 Å². The van der Waals surface area contributed by atoms with Gasteiger partial charge in [0.2, 0.25) is 11.9 Å². The van der Waals surface area contributed by atoms with Crippen LogP contribution in [0.3, 0.4) is 0 Å². The number of aliphatic imine (C=N–C) groups is 4. The lowest BCUT2D eigenvalue weighted by Crippen LogP contribution is -2.54. The fourth-order valence-corrected chi connectivity index (χ4v) is 5.63. The Hall–Kier alpha value is -5.08. The summed E-state index contributed by atoms with van der Waals surface area (Å²) < 4.78 is 1.15. The summed E-state index contributed by atoms with van der Waals surface area (Å²) in [5.41, 5.74) is 5.02. The number of benzene rings is 4. The third-order valence-electron chi connectivity index (χ3n) is 7.53. The summed E-state index contributed by atoms with van der Waals surface area (Å²) in [5.74, 6) is 2.77. The second-order valence-corrected chi connectivity index (χ2v) is 11.5. The molecule has 2 N–H and O–H groups in total. The highest BCUT2D eigenvalue weighted by atomic mass is 79.9. The van der Waals surface area contributed by atoms with E-state index >= 15 is 0 Å². The highest BCUT2D eigenvalue weighted by molar-refractivity contribution is 9.11. The second kappa shape index (κ2) is 12.7. The van der Waals surface area contributed by atoms with Gasteiger partial charge in [-0.25, -0.2) is 20.0 Å². The van der Waals surface area contributed by atoms with Crippen molar-refractivity contribution in [2.24, 2.45) is 20.0 Å². The van der Waals surface area contributed by atoms with Crippen molar-refractivity contribution in [1.29, 1.82) is 0 Å². The number of halogens is 1. The minimum absolute atomic E-state index is 0.437. The van der Waals surface area contributed by atoms with Crippen LogP contribution >= 0.6 is 15.9 Å². The summed E-state index contributed by atoms with van der Waals surface area (Å²) >= 11 is 3.69. The van der Waals surface area contributed by atoms with Crippen molar-refractivity contribution in [2.45, 2.75) is 25.2 Å². The average Bonchev–Trinajstić information content (AvgIpc) is 3.10. The molecule has 7 rings (SSSR count). The molecule has 44 heavy (non-hydrogen) atoms. The van der Waals surface area contributed by atoms with Gasteiger partial charge in [-0.05, 0) is 34.5 Å². The summed E-state index contributed by atoms with van der Waals surface area (Å²) in [6.07, 6.45) is 5.01. The van der Waals surface area contributed by atoms with Gasteiger partial charge < -0.3 is 10.6 Å². The molecule has 1 aliphatic carbocycles. The summed E-state index contributed by atoms with van der Waals surface area (Å²) in [6, 6.07) is 40.7. The molecule has 0 fully saturated rings. The SMILES string of the molecule is BrC1=CC=C(N(C2=NC(c3ccccc3)N=C(c3ccccc3)N2)C2=NC(c3ccccc3)N=C(c3ccccc3)N2)CC1. The van der Waals surface area contributed by atoms with Crippen LogP contribution in [0.4, 0.5) is 0 Å². The van der Waals surface area contributed by atoms with Crippen molar-refractivity contribution in [1.82, 2.24) is 15.5 Å². The molecule has 2 atom stereocenters. The zero-order chi connectivity index (χ0) is 29.7. The van der Waals surface area contributed by atoms with E-state index in [-0.39, 0.29) is 0 Å². The van der Waals surface area contributed by atoms with E-state index in [1.165, 1.54) is 0 Å². The van der Waals surface area contributed by atoms with Crippen molar-refractivity contribution in [3.05, 3.63) is 166 Å². The van der Waals surface area contributed by atoms with Gasteiger partial charge in [0.15, 0.2) is 12.3 Å². The molecule has 216 valence electrons. The van der Waals surface area contributed by atoms with Crippen molar-refractivity contribution in [2.75, 3.05) is 0 Å². The molecule has 2 heterocycles. The largest absolute Gasteiger partial charge is 0.310 e. The number of hydrogen-bond acceptors (Lipinski definition) is 7. The third-order valence-corrected chi connectivity index (χ3v) is 8.19. The topological polar surface area (TPSA) is 76.7 Å². The molecule has 0 amide bonds. The van der Waals surface area contributed by atoms with Gasteiger partial charge in [0.1, 0.15) is 11.7 Å². The molecule has 2 aliphatic heterocycles. The van der Waals surface area contributed by atoms with Gasteiger partial charge in [-0.3, -0.25) is 4.90 Å². The van der Waals surface area contributed by atoms with Gasteiger partial charge in [-0.15, -0.1) is 0 Å². The maximum absolute atomic E-state index is 5.20. The first-order valence-corrected chi connectivity index (χ1v) is 15.4. The zero-order valence-electron chi connectivity index (χ0n) is 23.9. The standard InChI is InChI=1S/C36H30BrN7/c37-29-21-23-30(24-22-29)44(35-40-31(25-13-5-1-6-14-25)38-32(41-35)26-15-7-2-8-16-26)36-42-33(27-17-9-3-10-18-27)39-34(43-36)28-19-11-4-12-20-28/h1-21,23,31,33H,22,24H2,(H,38,40,41)(H,39,42,43). The maximum atomic E-state index is 5.20. The number of nitrogens with one attached hydrogen (secondary N) is 2. The fraction of sp³-hybridized carbons (Fsp3) is 0.111. The molecule has 2 unspecified atom stereocenters. The highest BCUT2D eigenvalue weighted by Crippen LogP contribution is 2.30. The first-order chi connectivity index (χ1) is 21.7. The lowest BCUT2D eigenvalue weighted by molar-refractivity contribution is 0.603. The maximum Gasteiger partial charge on any atom is 0.213 e. The Kier molecular flexibility index (Phi) is 7.97. The van der Waals surface area contributed by atoms with E-state index in [4.69, 9.17) is 20.0 Å². The van der Waals surface area contributed by atoms with Crippen LogP contribution in [0.2, 0.25) is 0 Å². The van der Waals surface area contributed by atoms with Crippen LogP contribution in [-0.2, 0) is 0 Å². The molecule has 7 nitrogen and oxygen atoms in total. The number of rotatable bonds is 5. The molecule has 0 spiro atoms. The Labute approximate surface area is 265 Å². The lowest BCUT2D eigenvalue weighted by atomic mass is 10.1. The van der Waals surface area contributed by atoms with Crippen LogP contribution in [-0.4, -0.2) is 28.5 Å². The van der Waals surface area contributed by atoms with Gasteiger partial charge in [0, 0.05) is 16.8 Å². The van der Waals surface area contributed by atoms with E-state index < -0.39 is 12.3 Å². The summed E-state index contributed by atoms with van der Waals surface area (Å²) in [6.45, 7) is 0. The summed E-state index contributed by atoms with van der Waals surface area (Å²) in [4.78, 5) is 22.6. The molecule has 0 saturated carbocycles. The number of hydrogen-bond donors (Lipinski definition) is 2. The van der Waals surface area contributed by atoms with Crippen LogP contribution in [0.1, 0.15) is 47.4 Å². The Morgan fingerprint density at radius 2 is 0.955 bits per heavy atom. The zero-order valence-corrected chi connectivity index (χ0v) is 25.5. The quantitative estimate of drug-likeness (QED) is 0.238. The summed E-state index contributed by atoms with van der Waals surface area (Å²) in [7, 11) is 0. The van der Waals surface area contributed by atoms with E-state index in [0.717, 1.165) is 56.9 Å². The predicted octanol–water partition coefficient (Wildman–Crippen LogP) is 7.45. The number of amidine groups is 2. The number of nitrogens with zero attached hydrogens (tertiary/aromatic N) is 5. The van der Waals surface area contributed by atoms with E-state index in [1.54, 1.807) is 0 Å². The fourth-order valence-electron chi connectivity index (χ4n) is 5.30.